The first-order chi connectivity index (χ1) is 11.4. The van der Waals surface area contributed by atoms with Gasteiger partial charge in [-0.25, -0.2) is 0 Å². The molecule has 3 nitrogen and oxygen atoms in total. The summed E-state index contributed by atoms with van der Waals surface area (Å²) in [6.45, 7) is 3.97. The van der Waals surface area contributed by atoms with Gasteiger partial charge in [-0.2, -0.15) is 0 Å². The number of carbonyl (C=O) groups excluding carboxylic acids is 2. The minimum Gasteiger partial charge on any atom is -0.296 e. The lowest BCUT2D eigenvalue weighted by molar-refractivity contribution is -0.113. The molecule has 1 amide bonds. The lowest BCUT2D eigenvalue weighted by Gasteiger charge is -2.24. The van der Waals surface area contributed by atoms with E-state index in [1.807, 2.05) is 44.2 Å². The summed E-state index contributed by atoms with van der Waals surface area (Å²) in [7, 11) is 0. The van der Waals surface area contributed by atoms with Gasteiger partial charge in [-0.05, 0) is 29.7 Å². The number of amides is 1. The molecule has 0 aromatic heterocycles. The van der Waals surface area contributed by atoms with Crippen LogP contribution in [0, 0.1) is 18.3 Å². The van der Waals surface area contributed by atoms with E-state index in [4.69, 9.17) is 6.42 Å². The van der Waals surface area contributed by atoms with Crippen LogP contribution in [-0.2, 0) is 11.3 Å². The van der Waals surface area contributed by atoms with Crippen LogP contribution < -0.4 is 4.90 Å². The standard InChI is InChI=1S/C20H18BrNO2/c1-4-19(23)22(13-15-8-6-5-7-9-15)18-12-16(21)10-11-17(18)20(24)14(2)3/h1,5-12,14H,13H2,2-3H3. The summed E-state index contributed by atoms with van der Waals surface area (Å²) in [6.07, 6.45) is 5.35. The topological polar surface area (TPSA) is 37.4 Å². The fraction of sp³-hybridized carbons (Fsp3) is 0.200. The maximum Gasteiger partial charge on any atom is 0.302 e. The summed E-state index contributed by atoms with van der Waals surface area (Å²) < 4.78 is 0.778. The number of hydrogen-bond acceptors (Lipinski definition) is 2. The molecule has 0 saturated carbocycles. The number of rotatable bonds is 5. The summed E-state index contributed by atoms with van der Waals surface area (Å²) in [4.78, 5) is 26.3. The van der Waals surface area contributed by atoms with Crippen LogP contribution in [0.15, 0.2) is 53.0 Å². The molecule has 0 unspecified atom stereocenters. The van der Waals surface area contributed by atoms with Crippen LogP contribution in [-0.4, -0.2) is 11.7 Å². The van der Waals surface area contributed by atoms with E-state index < -0.39 is 5.91 Å². The fourth-order valence-electron chi connectivity index (χ4n) is 2.36. The lowest BCUT2D eigenvalue weighted by Crippen LogP contribution is -2.31. The van der Waals surface area contributed by atoms with Crippen molar-refractivity contribution >= 4 is 33.3 Å². The Kier molecular flexibility index (Phi) is 5.94. The average Bonchev–Trinajstić information content (AvgIpc) is 2.59. The smallest absolute Gasteiger partial charge is 0.296 e. The van der Waals surface area contributed by atoms with Gasteiger partial charge in [0.15, 0.2) is 5.78 Å². The third-order valence-electron chi connectivity index (χ3n) is 3.59. The van der Waals surface area contributed by atoms with Crippen LogP contribution >= 0.6 is 15.9 Å². The minimum absolute atomic E-state index is 0.0274. The van der Waals surface area contributed by atoms with Crippen molar-refractivity contribution in [2.24, 2.45) is 5.92 Å². The number of hydrogen-bond donors (Lipinski definition) is 0. The molecular weight excluding hydrogens is 366 g/mol. The van der Waals surface area contributed by atoms with E-state index in [1.54, 1.807) is 18.2 Å². The van der Waals surface area contributed by atoms with Gasteiger partial charge in [-0.15, -0.1) is 6.42 Å². The Hall–Kier alpha value is -2.38. The highest BCUT2D eigenvalue weighted by Gasteiger charge is 2.23. The normalized spacial score (nSPS) is 10.3. The molecule has 0 aliphatic heterocycles. The number of carbonyl (C=O) groups is 2. The van der Waals surface area contributed by atoms with E-state index in [1.165, 1.54) is 4.90 Å². The number of nitrogens with zero attached hydrogens (tertiary/aromatic N) is 1. The first kappa shape index (κ1) is 18.0. The molecule has 0 bridgehead atoms. The van der Waals surface area contributed by atoms with Crippen LogP contribution in [0.25, 0.3) is 0 Å². The zero-order chi connectivity index (χ0) is 17.7. The monoisotopic (exact) mass is 383 g/mol. The SMILES string of the molecule is C#CC(=O)N(Cc1ccccc1)c1cc(Br)ccc1C(=O)C(C)C. The summed E-state index contributed by atoms with van der Waals surface area (Å²) in [5, 5.41) is 0. The number of Topliss-reactive ketones (excluding diaryl/α,β-unsaturated/α-hetero) is 1. The maximum atomic E-state index is 12.5. The molecule has 0 atom stereocenters. The molecule has 0 aliphatic carbocycles. The molecule has 0 fully saturated rings. The van der Waals surface area contributed by atoms with Crippen LogP contribution in [0.4, 0.5) is 5.69 Å². The van der Waals surface area contributed by atoms with E-state index in [-0.39, 0.29) is 11.7 Å². The molecule has 0 N–H and O–H groups in total. The second-order valence-corrected chi connectivity index (χ2v) is 6.62. The van der Waals surface area contributed by atoms with Gasteiger partial charge in [0, 0.05) is 16.0 Å². The summed E-state index contributed by atoms with van der Waals surface area (Å²) >= 11 is 3.41. The largest absolute Gasteiger partial charge is 0.302 e. The predicted molar refractivity (Wildman–Crippen MR) is 99.8 cm³/mol. The van der Waals surface area contributed by atoms with Gasteiger partial charge in [0.25, 0.3) is 0 Å². The van der Waals surface area contributed by atoms with Gasteiger partial charge in [0.2, 0.25) is 0 Å². The third kappa shape index (κ3) is 4.12. The van der Waals surface area contributed by atoms with Gasteiger partial charge < -0.3 is 0 Å². The van der Waals surface area contributed by atoms with E-state index in [0.717, 1.165) is 10.0 Å². The lowest BCUT2D eigenvalue weighted by atomic mass is 9.98. The van der Waals surface area contributed by atoms with Crippen molar-refractivity contribution in [1.82, 2.24) is 0 Å². The first-order valence-corrected chi connectivity index (χ1v) is 8.39. The van der Waals surface area contributed by atoms with Gasteiger partial charge in [-0.1, -0.05) is 60.1 Å². The van der Waals surface area contributed by atoms with E-state index in [9.17, 15) is 9.59 Å². The van der Waals surface area contributed by atoms with E-state index in [0.29, 0.717) is 17.8 Å². The molecule has 2 aromatic carbocycles. The maximum absolute atomic E-state index is 12.5. The number of anilines is 1. The van der Waals surface area contributed by atoms with Crippen molar-refractivity contribution in [3.05, 3.63) is 64.1 Å². The van der Waals surface area contributed by atoms with Gasteiger partial charge in [-0.3, -0.25) is 14.5 Å². The highest BCUT2D eigenvalue weighted by Crippen LogP contribution is 2.29. The minimum atomic E-state index is -0.477. The Bertz CT molecular complexity index is 791. The van der Waals surface area contributed by atoms with Gasteiger partial charge in [0.05, 0.1) is 12.2 Å². The molecule has 0 radical (unpaired) electrons. The first-order valence-electron chi connectivity index (χ1n) is 7.59. The molecule has 0 saturated heterocycles. The molecule has 0 aliphatic rings. The average molecular weight is 384 g/mol. The van der Waals surface area contributed by atoms with Gasteiger partial charge in [0.1, 0.15) is 0 Å². The second-order valence-electron chi connectivity index (χ2n) is 5.70. The summed E-state index contributed by atoms with van der Waals surface area (Å²) in [6, 6.07) is 14.8. The van der Waals surface area contributed by atoms with Crippen LogP contribution in [0.2, 0.25) is 0 Å². The van der Waals surface area contributed by atoms with Crippen molar-refractivity contribution in [1.29, 1.82) is 0 Å². The Labute approximate surface area is 150 Å². The second kappa shape index (κ2) is 7.94. The number of halogens is 1. The van der Waals surface area contributed by atoms with Crippen molar-refractivity contribution in [2.75, 3.05) is 4.90 Å². The fourth-order valence-corrected chi connectivity index (χ4v) is 2.71. The van der Waals surface area contributed by atoms with Crippen LogP contribution in [0.3, 0.4) is 0 Å². The molecule has 2 rings (SSSR count). The number of benzene rings is 2. The van der Waals surface area contributed by atoms with Crippen LogP contribution in [0.1, 0.15) is 29.8 Å². The highest BCUT2D eigenvalue weighted by molar-refractivity contribution is 9.10. The van der Waals surface area contributed by atoms with Crippen molar-refractivity contribution in [3.8, 4) is 12.3 Å². The van der Waals surface area contributed by atoms with Crippen molar-refractivity contribution in [3.63, 3.8) is 0 Å². The Morgan fingerprint density at radius 2 is 1.83 bits per heavy atom. The Balaban J connectivity index is 2.54. The molecule has 122 valence electrons. The molecule has 4 heteroatoms. The Morgan fingerprint density at radius 1 is 1.17 bits per heavy atom. The van der Waals surface area contributed by atoms with Crippen molar-refractivity contribution < 1.29 is 9.59 Å². The van der Waals surface area contributed by atoms with E-state index >= 15 is 0 Å². The van der Waals surface area contributed by atoms with Crippen LogP contribution in [0.5, 0.6) is 0 Å². The quantitative estimate of drug-likeness (QED) is 0.564. The summed E-state index contributed by atoms with van der Waals surface area (Å²) in [5.41, 5.74) is 1.95. The highest BCUT2D eigenvalue weighted by atomic mass is 79.9. The van der Waals surface area contributed by atoms with Gasteiger partial charge >= 0.3 is 5.91 Å². The number of terminal acetylenes is 1. The zero-order valence-corrected chi connectivity index (χ0v) is 15.2. The number of ketones is 1. The Morgan fingerprint density at radius 3 is 2.42 bits per heavy atom. The molecule has 2 aromatic rings. The zero-order valence-electron chi connectivity index (χ0n) is 13.6. The third-order valence-corrected chi connectivity index (χ3v) is 4.09. The molecule has 0 spiro atoms. The molecule has 24 heavy (non-hydrogen) atoms. The molecular formula is C20H18BrNO2. The van der Waals surface area contributed by atoms with Crippen molar-refractivity contribution in [2.45, 2.75) is 20.4 Å². The van der Waals surface area contributed by atoms with E-state index in [2.05, 4.69) is 21.9 Å². The summed E-state index contributed by atoms with van der Waals surface area (Å²) in [5.74, 6) is 1.48. The molecule has 0 heterocycles. The predicted octanol–water partition coefficient (Wildman–Crippen LogP) is 4.45.